The average Bonchev–Trinajstić information content (AvgIpc) is 3.90. The molecule has 0 unspecified atom stereocenters. The Morgan fingerprint density at radius 2 is 0.836 bits per heavy atom. The lowest BCUT2D eigenvalue weighted by Gasteiger charge is -2.26. The molecule has 3 heteroatoms. The normalized spacial score (nSPS) is 11.6. The van der Waals surface area contributed by atoms with Gasteiger partial charge in [0.15, 0.2) is 0 Å². The van der Waals surface area contributed by atoms with Crippen LogP contribution < -0.4 is 4.90 Å². The van der Waals surface area contributed by atoms with E-state index in [0.29, 0.717) is 0 Å². The molecule has 0 spiro atoms. The van der Waals surface area contributed by atoms with Crippen molar-refractivity contribution in [1.29, 1.82) is 0 Å². The number of nitrogens with zero attached hydrogens (tertiary/aromatic N) is 1. The van der Waals surface area contributed by atoms with Gasteiger partial charge < -0.3 is 9.32 Å². The van der Waals surface area contributed by atoms with Gasteiger partial charge >= 0.3 is 0 Å². The summed E-state index contributed by atoms with van der Waals surface area (Å²) in [7, 11) is 0. The van der Waals surface area contributed by atoms with E-state index in [4.69, 9.17) is 4.42 Å². The summed E-state index contributed by atoms with van der Waals surface area (Å²) in [6.45, 7) is 0. The van der Waals surface area contributed by atoms with Gasteiger partial charge in [-0.25, -0.2) is 0 Å². The Bertz CT molecular complexity index is 3570. The van der Waals surface area contributed by atoms with Gasteiger partial charge in [-0.2, -0.15) is 0 Å². The Labute approximate surface area is 357 Å². The van der Waals surface area contributed by atoms with Gasteiger partial charge in [-0.1, -0.05) is 158 Å². The molecule has 0 atom stereocenters. The number of para-hydroxylation sites is 1. The number of hydrogen-bond donors (Lipinski definition) is 0. The van der Waals surface area contributed by atoms with Gasteiger partial charge in [0, 0.05) is 48.0 Å². The third-order valence-electron chi connectivity index (χ3n) is 12.1. The molecule has 10 aromatic carbocycles. The zero-order chi connectivity index (χ0) is 40.3. The highest BCUT2D eigenvalue weighted by molar-refractivity contribution is 7.25. The monoisotopic (exact) mass is 795 g/mol. The number of furan rings is 1. The maximum atomic E-state index is 6.25. The second-order valence-corrected chi connectivity index (χ2v) is 16.8. The van der Waals surface area contributed by atoms with E-state index in [1.165, 1.54) is 64.3 Å². The van der Waals surface area contributed by atoms with E-state index in [1.54, 1.807) is 0 Å². The Morgan fingerprint density at radius 1 is 0.311 bits per heavy atom. The van der Waals surface area contributed by atoms with E-state index < -0.39 is 0 Å². The Hall–Kier alpha value is -7.72. The molecule has 0 aliphatic rings. The number of thiophene rings is 1. The van der Waals surface area contributed by atoms with Crippen molar-refractivity contribution in [3.8, 4) is 44.5 Å². The van der Waals surface area contributed by atoms with Crippen LogP contribution in [0.15, 0.2) is 229 Å². The molecule has 61 heavy (non-hydrogen) atoms. The lowest BCUT2D eigenvalue weighted by Crippen LogP contribution is -2.09. The predicted molar refractivity (Wildman–Crippen MR) is 261 cm³/mol. The summed E-state index contributed by atoms with van der Waals surface area (Å²) in [6, 6.07) is 81.2. The van der Waals surface area contributed by atoms with Crippen molar-refractivity contribution in [3.63, 3.8) is 0 Å². The summed E-state index contributed by atoms with van der Waals surface area (Å²) in [5, 5.41) is 7.43. The minimum Gasteiger partial charge on any atom is -0.456 e. The molecule has 0 aliphatic carbocycles. The highest BCUT2D eigenvalue weighted by Crippen LogP contribution is 2.42. The van der Waals surface area contributed by atoms with Crippen LogP contribution in [0.4, 0.5) is 17.1 Å². The summed E-state index contributed by atoms with van der Waals surface area (Å²) in [5.41, 5.74) is 14.6. The standard InChI is InChI=1S/C58H37NOS/c1-2-14-48-40(10-1)11-8-17-49(48)44-13-7-12-42(36-44)38-22-29-45(30-23-38)59(46-31-24-39(25-32-46)43-28-35-52-51-15-4-6-21-56(51)61-57(52)37-43)47-33-26-41(27-34-47)50-18-9-20-55-58(50)53-16-3-5-19-54(53)60-55/h1-37H. The van der Waals surface area contributed by atoms with Crippen molar-refractivity contribution in [2.75, 3.05) is 4.90 Å². The van der Waals surface area contributed by atoms with Gasteiger partial charge in [0.2, 0.25) is 0 Å². The van der Waals surface area contributed by atoms with Crippen molar-refractivity contribution in [1.82, 2.24) is 0 Å². The fraction of sp³-hybridized carbons (Fsp3) is 0. The van der Waals surface area contributed by atoms with E-state index >= 15 is 0 Å². The first-order valence-electron chi connectivity index (χ1n) is 20.7. The Morgan fingerprint density at radius 3 is 1.61 bits per heavy atom. The molecule has 0 N–H and O–H groups in total. The molecular formula is C58H37NOS. The molecule has 286 valence electrons. The lowest BCUT2D eigenvalue weighted by atomic mass is 9.95. The quantitative estimate of drug-likeness (QED) is 0.160. The van der Waals surface area contributed by atoms with Gasteiger partial charge in [-0.15, -0.1) is 11.3 Å². The van der Waals surface area contributed by atoms with E-state index in [-0.39, 0.29) is 0 Å². The molecule has 0 radical (unpaired) electrons. The van der Waals surface area contributed by atoms with Crippen molar-refractivity contribution >= 4 is 81.3 Å². The second-order valence-electron chi connectivity index (χ2n) is 15.7. The third-order valence-corrected chi connectivity index (χ3v) is 13.2. The second kappa shape index (κ2) is 14.5. The first-order valence-corrected chi connectivity index (χ1v) is 21.5. The van der Waals surface area contributed by atoms with Crippen LogP contribution in [0.25, 0.3) is 97.4 Å². The fourth-order valence-electron chi connectivity index (χ4n) is 9.11. The van der Waals surface area contributed by atoms with E-state index in [0.717, 1.165) is 50.1 Å². The molecular weight excluding hydrogens is 759 g/mol. The highest BCUT2D eigenvalue weighted by Gasteiger charge is 2.17. The first kappa shape index (κ1) is 35.2. The van der Waals surface area contributed by atoms with Gasteiger partial charge in [-0.05, 0) is 122 Å². The number of fused-ring (bicyclic) bond motifs is 7. The Kier molecular flexibility index (Phi) is 8.39. The van der Waals surface area contributed by atoms with E-state index in [1.807, 2.05) is 23.5 Å². The number of anilines is 3. The Balaban J connectivity index is 0.922. The number of benzene rings is 10. The zero-order valence-corrected chi connectivity index (χ0v) is 33.9. The SMILES string of the molecule is c1cc(-c2ccc(N(c3ccc(-c4ccc5c(c4)sc4ccccc45)cc3)c3ccc(-c4cccc5oc6ccccc6c45)cc3)cc2)cc(-c2cccc3ccccc23)c1. The molecule has 12 aromatic rings. The molecule has 2 nitrogen and oxygen atoms in total. The van der Waals surface area contributed by atoms with Crippen molar-refractivity contribution in [2.45, 2.75) is 0 Å². The van der Waals surface area contributed by atoms with Gasteiger partial charge in [-0.3, -0.25) is 0 Å². The minimum atomic E-state index is 0.902. The summed E-state index contributed by atoms with van der Waals surface area (Å²) >= 11 is 1.86. The number of hydrogen-bond acceptors (Lipinski definition) is 3. The summed E-state index contributed by atoms with van der Waals surface area (Å²) < 4.78 is 8.88. The van der Waals surface area contributed by atoms with Crippen molar-refractivity contribution in [2.24, 2.45) is 0 Å². The van der Waals surface area contributed by atoms with Crippen LogP contribution in [-0.2, 0) is 0 Å². The molecule has 0 saturated heterocycles. The lowest BCUT2D eigenvalue weighted by molar-refractivity contribution is 0.669. The maximum Gasteiger partial charge on any atom is 0.136 e. The minimum absolute atomic E-state index is 0.902. The first-order chi connectivity index (χ1) is 30.2. The van der Waals surface area contributed by atoms with Crippen LogP contribution in [-0.4, -0.2) is 0 Å². The number of rotatable bonds is 7. The smallest absolute Gasteiger partial charge is 0.136 e. The van der Waals surface area contributed by atoms with Crippen LogP contribution in [0.3, 0.4) is 0 Å². The predicted octanol–water partition coefficient (Wildman–Crippen LogP) is 17.2. The van der Waals surface area contributed by atoms with Crippen molar-refractivity contribution < 1.29 is 4.42 Å². The molecule has 0 bridgehead atoms. The molecule has 0 amide bonds. The van der Waals surface area contributed by atoms with Crippen LogP contribution in [0.1, 0.15) is 0 Å². The van der Waals surface area contributed by atoms with Crippen LogP contribution in [0.2, 0.25) is 0 Å². The summed E-state index contributed by atoms with van der Waals surface area (Å²) in [5.74, 6) is 0. The summed E-state index contributed by atoms with van der Waals surface area (Å²) in [6.07, 6.45) is 0. The molecule has 2 aromatic heterocycles. The fourth-order valence-corrected chi connectivity index (χ4v) is 10.3. The van der Waals surface area contributed by atoms with Gasteiger partial charge in [0.1, 0.15) is 11.2 Å². The van der Waals surface area contributed by atoms with Gasteiger partial charge in [0.25, 0.3) is 0 Å². The van der Waals surface area contributed by atoms with Crippen LogP contribution in [0, 0.1) is 0 Å². The topological polar surface area (TPSA) is 16.4 Å². The molecule has 2 heterocycles. The van der Waals surface area contributed by atoms with E-state index in [9.17, 15) is 0 Å². The largest absolute Gasteiger partial charge is 0.456 e. The molecule has 0 fully saturated rings. The van der Waals surface area contributed by atoms with Crippen molar-refractivity contribution in [3.05, 3.63) is 224 Å². The zero-order valence-electron chi connectivity index (χ0n) is 33.1. The molecule has 0 aliphatic heterocycles. The van der Waals surface area contributed by atoms with Crippen LogP contribution in [0.5, 0.6) is 0 Å². The molecule has 12 rings (SSSR count). The van der Waals surface area contributed by atoms with Gasteiger partial charge in [0.05, 0.1) is 0 Å². The summed E-state index contributed by atoms with van der Waals surface area (Å²) in [4.78, 5) is 2.35. The third kappa shape index (κ3) is 6.18. The molecule has 0 saturated carbocycles. The highest BCUT2D eigenvalue weighted by atomic mass is 32.1. The average molecular weight is 796 g/mol. The maximum absolute atomic E-state index is 6.25. The van der Waals surface area contributed by atoms with Crippen LogP contribution >= 0.6 is 11.3 Å². The van der Waals surface area contributed by atoms with E-state index in [2.05, 4.69) is 217 Å².